The Hall–Kier alpha value is -2.26. The number of hydrogen-bond acceptors (Lipinski definition) is 2. The second kappa shape index (κ2) is 6.88. The van der Waals surface area contributed by atoms with Crippen molar-refractivity contribution in [3.05, 3.63) is 77.2 Å². The second-order valence-electron chi connectivity index (χ2n) is 5.84. The van der Waals surface area contributed by atoms with Gasteiger partial charge in [0.15, 0.2) is 0 Å². The van der Waals surface area contributed by atoms with Crippen molar-refractivity contribution >= 4 is 10.9 Å². The molecule has 0 spiro atoms. The molecule has 0 aliphatic rings. The number of nitrogens with one attached hydrogen (secondary N) is 1. The van der Waals surface area contributed by atoms with Crippen molar-refractivity contribution in [1.82, 2.24) is 10.3 Å². The Kier molecular flexibility index (Phi) is 4.68. The normalized spacial score (nSPS) is 12.5. The van der Waals surface area contributed by atoms with Crippen LogP contribution in [0.4, 0.5) is 4.39 Å². The summed E-state index contributed by atoms with van der Waals surface area (Å²) >= 11 is 0. The van der Waals surface area contributed by atoms with Crippen molar-refractivity contribution in [2.45, 2.75) is 32.9 Å². The van der Waals surface area contributed by atoms with Crippen LogP contribution in [0, 0.1) is 5.82 Å². The van der Waals surface area contributed by atoms with E-state index in [4.69, 9.17) is 0 Å². The summed E-state index contributed by atoms with van der Waals surface area (Å²) in [7, 11) is 0. The van der Waals surface area contributed by atoms with E-state index in [1.165, 1.54) is 17.2 Å². The van der Waals surface area contributed by atoms with Crippen LogP contribution in [0.5, 0.6) is 0 Å². The fourth-order valence-corrected chi connectivity index (χ4v) is 2.79. The Morgan fingerprint density at radius 1 is 1.13 bits per heavy atom. The highest BCUT2D eigenvalue weighted by Crippen LogP contribution is 2.20. The van der Waals surface area contributed by atoms with Gasteiger partial charge in [-0.2, -0.15) is 0 Å². The van der Waals surface area contributed by atoms with E-state index in [-0.39, 0.29) is 11.9 Å². The molecule has 3 rings (SSSR count). The molecule has 2 nitrogen and oxygen atoms in total. The van der Waals surface area contributed by atoms with E-state index in [1.807, 2.05) is 12.1 Å². The van der Waals surface area contributed by atoms with Crippen LogP contribution in [0.15, 0.2) is 54.7 Å². The van der Waals surface area contributed by atoms with Crippen LogP contribution >= 0.6 is 0 Å². The van der Waals surface area contributed by atoms with Crippen molar-refractivity contribution < 1.29 is 4.39 Å². The lowest BCUT2D eigenvalue weighted by atomic mass is 10.0. The highest BCUT2D eigenvalue weighted by atomic mass is 19.1. The quantitative estimate of drug-likeness (QED) is 0.733. The van der Waals surface area contributed by atoms with Gasteiger partial charge in [0, 0.05) is 24.2 Å². The van der Waals surface area contributed by atoms with Gasteiger partial charge in [-0.1, -0.05) is 37.3 Å². The zero-order valence-corrected chi connectivity index (χ0v) is 13.5. The molecule has 1 N–H and O–H groups in total. The third-order valence-corrected chi connectivity index (χ3v) is 4.24. The number of aromatic nitrogens is 1. The molecule has 1 unspecified atom stereocenters. The molecule has 23 heavy (non-hydrogen) atoms. The lowest BCUT2D eigenvalue weighted by Crippen LogP contribution is -2.18. The third kappa shape index (κ3) is 3.57. The average molecular weight is 308 g/mol. The molecule has 1 atom stereocenters. The summed E-state index contributed by atoms with van der Waals surface area (Å²) in [5.74, 6) is -0.220. The van der Waals surface area contributed by atoms with E-state index in [2.05, 4.69) is 48.4 Å². The summed E-state index contributed by atoms with van der Waals surface area (Å²) in [4.78, 5) is 4.39. The van der Waals surface area contributed by atoms with E-state index in [1.54, 1.807) is 12.3 Å². The van der Waals surface area contributed by atoms with Crippen molar-refractivity contribution in [2.24, 2.45) is 0 Å². The minimum Gasteiger partial charge on any atom is -0.306 e. The van der Waals surface area contributed by atoms with Gasteiger partial charge in [0.05, 0.1) is 5.52 Å². The molecule has 0 saturated carbocycles. The molecule has 0 radical (unpaired) electrons. The topological polar surface area (TPSA) is 24.9 Å². The minimum atomic E-state index is -0.220. The molecular formula is C20H21FN2. The third-order valence-electron chi connectivity index (χ3n) is 4.24. The Balaban J connectivity index is 1.77. The predicted molar refractivity (Wildman–Crippen MR) is 92.8 cm³/mol. The number of fused-ring (bicyclic) bond motifs is 1. The maximum atomic E-state index is 13.8. The van der Waals surface area contributed by atoms with Gasteiger partial charge < -0.3 is 5.32 Å². The Morgan fingerprint density at radius 3 is 2.65 bits per heavy atom. The highest BCUT2D eigenvalue weighted by molar-refractivity contribution is 5.81. The van der Waals surface area contributed by atoms with E-state index >= 15 is 0 Å². The van der Waals surface area contributed by atoms with E-state index in [9.17, 15) is 4.39 Å². The number of hydrogen-bond donors (Lipinski definition) is 1. The molecule has 1 aromatic heterocycles. The lowest BCUT2D eigenvalue weighted by Gasteiger charge is -2.15. The van der Waals surface area contributed by atoms with Crippen LogP contribution in [0.1, 0.15) is 36.6 Å². The lowest BCUT2D eigenvalue weighted by molar-refractivity contribution is 0.571. The van der Waals surface area contributed by atoms with Crippen LogP contribution in [0.25, 0.3) is 10.9 Å². The molecule has 0 fully saturated rings. The summed E-state index contributed by atoms with van der Waals surface area (Å²) < 4.78 is 13.8. The Bertz CT molecular complexity index is 796. The fourth-order valence-electron chi connectivity index (χ4n) is 2.79. The van der Waals surface area contributed by atoms with Crippen molar-refractivity contribution in [3.8, 4) is 0 Å². The maximum Gasteiger partial charge on any atom is 0.124 e. The first-order valence-electron chi connectivity index (χ1n) is 8.02. The highest BCUT2D eigenvalue weighted by Gasteiger charge is 2.09. The van der Waals surface area contributed by atoms with Gasteiger partial charge in [-0.15, -0.1) is 0 Å². The van der Waals surface area contributed by atoms with Gasteiger partial charge in [0.25, 0.3) is 0 Å². The average Bonchev–Trinajstić information content (AvgIpc) is 2.59. The molecule has 118 valence electrons. The molecule has 0 aliphatic heterocycles. The monoisotopic (exact) mass is 308 g/mol. The van der Waals surface area contributed by atoms with Crippen LogP contribution in [-0.2, 0) is 13.0 Å². The van der Waals surface area contributed by atoms with Crippen molar-refractivity contribution in [3.63, 3.8) is 0 Å². The van der Waals surface area contributed by atoms with E-state index < -0.39 is 0 Å². The first-order valence-corrected chi connectivity index (χ1v) is 8.02. The molecule has 0 amide bonds. The van der Waals surface area contributed by atoms with Crippen LogP contribution in [0.3, 0.4) is 0 Å². The molecule has 0 saturated heterocycles. The van der Waals surface area contributed by atoms with E-state index in [0.29, 0.717) is 6.54 Å². The molecule has 2 aromatic carbocycles. The van der Waals surface area contributed by atoms with Crippen molar-refractivity contribution in [2.75, 3.05) is 0 Å². The van der Waals surface area contributed by atoms with Gasteiger partial charge in [0.1, 0.15) is 5.82 Å². The Morgan fingerprint density at radius 2 is 1.91 bits per heavy atom. The van der Waals surface area contributed by atoms with Crippen LogP contribution < -0.4 is 5.32 Å². The molecular weight excluding hydrogens is 287 g/mol. The zero-order chi connectivity index (χ0) is 16.2. The number of pyridine rings is 1. The SMILES string of the molecule is CCc1ccc(C(C)NCc2cc(F)cc3cccnc23)cc1. The van der Waals surface area contributed by atoms with E-state index in [0.717, 1.165) is 22.9 Å². The number of nitrogens with zero attached hydrogens (tertiary/aromatic N) is 1. The second-order valence-corrected chi connectivity index (χ2v) is 5.84. The summed E-state index contributed by atoms with van der Waals surface area (Å²) in [6.45, 7) is 4.86. The van der Waals surface area contributed by atoms with Crippen molar-refractivity contribution in [1.29, 1.82) is 0 Å². The zero-order valence-electron chi connectivity index (χ0n) is 13.5. The molecule has 0 aliphatic carbocycles. The van der Waals surface area contributed by atoms with Gasteiger partial charge in [-0.3, -0.25) is 4.98 Å². The first-order chi connectivity index (χ1) is 11.2. The maximum absolute atomic E-state index is 13.8. The smallest absolute Gasteiger partial charge is 0.124 e. The summed E-state index contributed by atoms with van der Waals surface area (Å²) in [6.07, 6.45) is 2.79. The number of benzene rings is 2. The first kappa shape index (κ1) is 15.6. The van der Waals surface area contributed by atoms with Gasteiger partial charge in [0.2, 0.25) is 0 Å². The number of rotatable bonds is 5. The molecule has 1 heterocycles. The minimum absolute atomic E-state index is 0.197. The summed E-state index contributed by atoms with van der Waals surface area (Å²) in [5, 5.41) is 4.30. The standard InChI is InChI=1S/C20H21FN2/c1-3-15-6-8-16(9-7-15)14(2)23-13-18-12-19(21)11-17-5-4-10-22-20(17)18/h4-12,14,23H,3,13H2,1-2H3. The predicted octanol–water partition coefficient (Wildman–Crippen LogP) is 4.79. The number of aryl methyl sites for hydroxylation is 1. The van der Waals surface area contributed by atoms with Crippen LogP contribution in [-0.4, -0.2) is 4.98 Å². The number of halogens is 1. The molecule has 3 aromatic rings. The van der Waals surface area contributed by atoms with Gasteiger partial charge >= 0.3 is 0 Å². The summed E-state index contributed by atoms with van der Waals surface area (Å²) in [6, 6.07) is 15.6. The fraction of sp³-hybridized carbons (Fsp3) is 0.250. The largest absolute Gasteiger partial charge is 0.306 e. The summed E-state index contributed by atoms with van der Waals surface area (Å²) in [5.41, 5.74) is 4.31. The van der Waals surface area contributed by atoms with Gasteiger partial charge in [-0.05, 0) is 48.2 Å². The molecule has 0 bridgehead atoms. The molecule has 3 heteroatoms. The van der Waals surface area contributed by atoms with Crippen LogP contribution in [0.2, 0.25) is 0 Å². The van der Waals surface area contributed by atoms with Gasteiger partial charge in [-0.25, -0.2) is 4.39 Å². The Labute approximate surface area is 136 Å².